The monoisotopic (exact) mass is 434 g/mol. The van der Waals surface area contributed by atoms with Crippen molar-refractivity contribution in [2.75, 3.05) is 5.32 Å². The molecule has 0 aromatic heterocycles. The number of nitrogens with zero attached hydrogens (tertiary/aromatic N) is 1. The van der Waals surface area contributed by atoms with Crippen LogP contribution in [0.4, 0.5) is 5.69 Å². The fourth-order valence-corrected chi connectivity index (χ4v) is 5.34. The Morgan fingerprint density at radius 3 is 2.58 bits per heavy atom. The minimum atomic E-state index is -3.88. The maximum absolute atomic E-state index is 12.7. The Balaban J connectivity index is 1.67. The van der Waals surface area contributed by atoms with Crippen LogP contribution in [0.3, 0.4) is 0 Å². The summed E-state index contributed by atoms with van der Waals surface area (Å²) in [7, 11) is -3.88. The smallest absolute Gasteiger partial charge is 0.269 e. The zero-order chi connectivity index (χ0) is 18.6. The number of carbonyl (C=O) groups excluding carboxylic acids is 2. The lowest BCUT2D eigenvalue weighted by Crippen LogP contribution is -2.31. The Labute approximate surface area is 159 Å². The number of carbonyl (C=O) groups is 2. The lowest BCUT2D eigenvalue weighted by Gasteiger charge is -2.13. The van der Waals surface area contributed by atoms with Crippen molar-refractivity contribution < 1.29 is 18.0 Å². The summed E-state index contributed by atoms with van der Waals surface area (Å²) >= 11 is 3.37. The largest absolute Gasteiger partial charge is 0.322 e. The van der Waals surface area contributed by atoms with Crippen molar-refractivity contribution in [2.45, 2.75) is 30.7 Å². The standard InChI is InChI=1S/C18H15BrN2O4S/c1-10-8-12(19)3-7-15(10)20-17(22)11-2-6-14-16(9-11)26(24,25)21(18(14)23)13-4-5-13/h2-3,6-9,13H,4-5H2,1H3,(H,20,22). The van der Waals surface area contributed by atoms with E-state index in [1.54, 1.807) is 6.07 Å². The zero-order valence-electron chi connectivity index (χ0n) is 13.8. The lowest BCUT2D eigenvalue weighted by atomic mass is 10.1. The van der Waals surface area contributed by atoms with Crippen molar-refractivity contribution in [3.8, 4) is 0 Å². The molecule has 134 valence electrons. The molecule has 0 radical (unpaired) electrons. The Hall–Kier alpha value is -2.19. The second-order valence-corrected chi connectivity index (χ2v) is 9.16. The number of amides is 2. The Morgan fingerprint density at radius 2 is 1.92 bits per heavy atom. The molecule has 0 atom stereocenters. The number of nitrogens with one attached hydrogen (secondary N) is 1. The minimum Gasteiger partial charge on any atom is -0.322 e. The molecule has 0 bridgehead atoms. The highest BCUT2D eigenvalue weighted by atomic mass is 79.9. The second kappa shape index (κ2) is 5.92. The Morgan fingerprint density at radius 1 is 1.19 bits per heavy atom. The molecule has 2 amide bonds. The summed E-state index contributed by atoms with van der Waals surface area (Å²) in [5.41, 5.74) is 1.84. The minimum absolute atomic E-state index is 0.0884. The average Bonchev–Trinajstić information content (AvgIpc) is 3.38. The summed E-state index contributed by atoms with van der Waals surface area (Å²) in [4.78, 5) is 24.9. The molecule has 2 aromatic rings. The summed E-state index contributed by atoms with van der Waals surface area (Å²) in [6.45, 7) is 1.86. The molecule has 1 fully saturated rings. The highest BCUT2D eigenvalue weighted by Crippen LogP contribution is 2.39. The van der Waals surface area contributed by atoms with Gasteiger partial charge in [0.25, 0.3) is 21.8 Å². The molecule has 0 saturated heterocycles. The molecule has 4 rings (SSSR count). The summed E-state index contributed by atoms with van der Waals surface area (Å²) in [6.07, 6.45) is 1.38. The van der Waals surface area contributed by atoms with Gasteiger partial charge in [0.1, 0.15) is 4.90 Å². The van der Waals surface area contributed by atoms with E-state index in [0.717, 1.165) is 14.3 Å². The maximum atomic E-state index is 12.7. The third-order valence-electron chi connectivity index (χ3n) is 4.53. The molecule has 1 saturated carbocycles. The fourth-order valence-electron chi connectivity index (χ4n) is 3.02. The molecule has 1 aliphatic carbocycles. The van der Waals surface area contributed by atoms with Crippen LogP contribution in [0.2, 0.25) is 0 Å². The molecule has 0 unspecified atom stereocenters. The third kappa shape index (κ3) is 2.73. The van der Waals surface area contributed by atoms with Gasteiger partial charge in [0, 0.05) is 21.8 Å². The van der Waals surface area contributed by atoms with Crippen molar-refractivity contribution >= 4 is 43.5 Å². The van der Waals surface area contributed by atoms with Crippen molar-refractivity contribution in [3.63, 3.8) is 0 Å². The van der Waals surface area contributed by atoms with Crippen molar-refractivity contribution in [1.29, 1.82) is 0 Å². The number of halogens is 1. The molecule has 26 heavy (non-hydrogen) atoms. The van der Waals surface area contributed by atoms with Gasteiger partial charge in [-0.05, 0) is 61.7 Å². The highest BCUT2D eigenvalue weighted by Gasteiger charge is 2.48. The number of benzene rings is 2. The molecule has 8 heteroatoms. The van der Waals surface area contributed by atoms with E-state index in [4.69, 9.17) is 0 Å². The van der Waals surface area contributed by atoms with E-state index in [1.165, 1.54) is 18.2 Å². The first kappa shape index (κ1) is 17.2. The number of fused-ring (bicyclic) bond motifs is 1. The molecule has 1 N–H and O–H groups in total. The van der Waals surface area contributed by atoms with Gasteiger partial charge in [-0.3, -0.25) is 9.59 Å². The van der Waals surface area contributed by atoms with Crippen LogP contribution in [0.15, 0.2) is 45.8 Å². The number of hydrogen-bond donors (Lipinski definition) is 1. The van der Waals surface area contributed by atoms with Crippen LogP contribution in [0.5, 0.6) is 0 Å². The normalized spacial score (nSPS) is 17.9. The van der Waals surface area contributed by atoms with Gasteiger partial charge in [-0.1, -0.05) is 15.9 Å². The number of rotatable bonds is 3. The number of aryl methyl sites for hydroxylation is 1. The first-order valence-electron chi connectivity index (χ1n) is 8.09. The predicted molar refractivity (Wildman–Crippen MR) is 99.7 cm³/mol. The van der Waals surface area contributed by atoms with Crippen molar-refractivity contribution in [3.05, 3.63) is 57.6 Å². The number of hydrogen-bond acceptors (Lipinski definition) is 4. The molecule has 1 aliphatic heterocycles. The molecule has 2 aliphatic rings. The average molecular weight is 435 g/mol. The van der Waals surface area contributed by atoms with Crippen LogP contribution < -0.4 is 5.32 Å². The highest BCUT2D eigenvalue weighted by molar-refractivity contribution is 9.10. The predicted octanol–water partition coefficient (Wildman–Crippen LogP) is 3.32. The summed E-state index contributed by atoms with van der Waals surface area (Å²) < 4.78 is 27.2. The third-order valence-corrected chi connectivity index (χ3v) is 6.90. The zero-order valence-corrected chi connectivity index (χ0v) is 16.2. The van der Waals surface area contributed by atoms with Gasteiger partial charge in [-0.2, -0.15) is 0 Å². The molecule has 6 nitrogen and oxygen atoms in total. The van der Waals surface area contributed by atoms with E-state index < -0.39 is 21.8 Å². The van der Waals surface area contributed by atoms with Crippen LogP contribution in [0.25, 0.3) is 0 Å². The topological polar surface area (TPSA) is 83.6 Å². The van der Waals surface area contributed by atoms with Gasteiger partial charge in [-0.25, -0.2) is 12.7 Å². The summed E-state index contributed by atoms with van der Waals surface area (Å²) in [6, 6.07) is 9.38. The van der Waals surface area contributed by atoms with Gasteiger partial charge < -0.3 is 5.32 Å². The van der Waals surface area contributed by atoms with E-state index in [2.05, 4.69) is 21.2 Å². The lowest BCUT2D eigenvalue weighted by molar-refractivity contribution is 0.0864. The fraction of sp³-hybridized carbons (Fsp3) is 0.222. The van der Waals surface area contributed by atoms with Gasteiger partial charge in [0.2, 0.25) is 0 Å². The van der Waals surface area contributed by atoms with E-state index >= 15 is 0 Å². The summed E-state index contributed by atoms with van der Waals surface area (Å²) in [5.74, 6) is -0.927. The van der Waals surface area contributed by atoms with Crippen molar-refractivity contribution in [2.24, 2.45) is 0 Å². The van der Waals surface area contributed by atoms with E-state index in [9.17, 15) is 18.0 Å². The molecular weight excluding hydrogens is 420 g/mol. The molecule has 1 heterocycles. The van der Waals surface area contributed by atoms with Crippen LogP contribution in [-0.2, 0) is 10.0 Å². The first-order chi connectivity index (χ1) is 12.3. The van der Waals surface area contributed by atoms with Crippen LogP contribution >= 0.6 is 15.9 Å². The van der Waals surface area contributed by atoms with Crippen LogP contribution in [0, 0.1) is 6.92 Å². The van der Waals surface area contributed by atoms with Gasteiger partial charge in [-0.15, -0.1) is 0 Å². The maximum Gasteiger partial charge on any atom is 0.269 e. The number of sulfonamides is 1. The van der Waals surface area contributed by atoms with Crippen LogP contribution in [-0.4, -0.2) is 30.6 Å². The molecule has 2 aromatic carbocycles. The second-order valence-electron chi connectivity index (χ2n) is 6.46. The van der Waals surface area contributed by atoms with E-state index in [-0.39, 0.29) is 22.1 Å². The van der Waals surface area contributed by atoms with Gasteiger partial charge in [0.05, 0.1) is 5.56 Å². The SMILES string of the molecule is Cc1cc(Br)ccc1NC(=O)c1ccc2c(c1)S(=O)(=O)N(C1CC1)C2=O. The quantitative estimate of drug-likeness (QED) is 0.802. The first-order valence-corrected chi connectivity index (χ1v) is 10.3. The van der Waals surface area contributed by atoms with E-state index in [0.29, 0.717) is 18.5 Å². The Bertz CT molecular complexity index is 1060. The number of anilines is 1. The Kier molecular flexibility index (Phi) is 3.92. The van der Waals surface area contributed by atoms with Gasteiger partial charge in [0.15, 0.2) is 0 Å². The van der Waals surface area contributed by atoms with Crippen LogP contribution in [0.1, 0.15) is 39.1 Å². The summed E-state index contributed by atoms with van der Waals surface area (Å²) in [5, 5.41) is 2.78. The van der Waals surface area contributed by atoms with Crippen molar-refractivity contribution in [1.82, 2.24) is 4.31 Å². The molecular formula is C18H15BrN2O4S. The molecule has 0 spiro atoms. The van der Waals surface area contributed by atoms with E-state index in [1.807, 2.05) is 19.1 Å². The van der Waals surface area contributed by atoms with Gasteiger partial charge >= 0.3 is 0 Å².